The molecule has 0 saturated heterocycles. The third-order valence-corrected chi connectivity index (χ3v) is 5.29. The topological polar surface area (TPSA) is 102 Å². The zero-order valence-electron chi connectivity index (χ0n) is 18.8. The van der Waals surface area contributed by atoms with Crippen LogP contribution in [0.25, 0.3) is 10.9 Å². The fraction of sp³-hybridized carbons (Fsp3) is 0.292. The number of carbonyl (C=O) groups is 2. The molecule has 0 fully saturated rings. The number of hydrogen-bond donors (Lipinski definition) is 2. The highest BCUT2D eigenvalue weighted by molar-refractivity contribution is 6.35. The van der Waals surface area contributed by atoms with Gasteiger partial charge in [0, 0.05) is 16.6 Å². The van der Waals surface area contributed by atoms with Crippen molar-refractivity contribution in [2.45, 2.75) is 34.6 Å². The molecule has 1 unspecified atom stereocenters. The normalized spacial score (nSPS) is 10.8. The van der Waals surface area contributed by atoms with Crippen LogP contribution in [-0.4, -0.2) is 23.3 Å². The molecule has 172 valence electrons. The van der Waals surface area contributed by atoms with E-state index in [0.717, 1.165) is 16.8 Å². The van der Waals surface area contributed by atoms with Crippen molar-refractivity contribution in [1.29, 1.82) is 0 Å². The van der Waals surface area contributed by atoms with Gasteiger partial charge in [-0.3, -0.25) is 14.4 Å². The molecule has 0 aliphatic rings. The predicted molar refractivity (Wildman–Crippen MR) is 131 cm³/mol. The van der Waals surface area contributed by atoms with Gasteiger partial charge in [0.25, 0.3) is 0 Å². The van der Waals surface area contributed by atoms with Gasteiger partial charge in [0.15, 0.2) is 5.43 Å². The molecule has 8 heteroatoms. The molecule has 0 spiro atoms. The highest BCUT2D eigenvalue weighted by atomic mass is 35.5. The van der Waals surface area contributed by atoms with E-state index in [1.165, 1.54) is 6.92 Å². The smallest absolute Gasteiger partial charge is 0.316 e. The molecule has 0 aliphatic heterocycles. The minimum absolute atomic E-state index is 0.0544. The highest BCUT2D eigenvalue weighted by Crippen LogP contribution is 2.19. The number of nitrogens with one attached hydrogen (secondary N) is 1. The first-order chi connectivity index (χ1) is 15.0. The molecule has 0 bridgehead atoms. The molecule has 3 aromatic rings. The van der Waals surface area contributed by atoms with Crippen molar-refractivity contribution in [3.05, 3.63) is 74.0 Å². The van der Waals surface area contributed by atoms with Crippen LogP contribution in [0.2, 0.25) is 10.0 Å². The van der Waals surface area contributed by atoms with Crippen LogP contribution in [0, 0.1) is 19.8 Å². The predicted octanol–water partition coefficient (Wildman–Crippen LogP) is 5.50. The van der Waals surface area contributed by atoms with Gasteiger partial charge in [-0.15, -0.1) is 0 Å². The third kappa shape index (κ3) is 7.70. The highest BCUT2D eigenvalue weighted by Gasteiger charge is 2.17. The number of ether oxygens (including phenoxy) is 1. The standard InChI is InChI=1S/C11H10ClNO.C7H12O3.C6H6ClN/c1-6-7(2)13-10-8(11(6)14)4-3-5-9(10)12;1-4-10-7(9)5(2)6(3)8;7-5-3-1-2-4-6(5)8/h3-5H,1-2H3,(H,13,14);5H,4H2,1-3H3;1-4H,8H2. The van der Waals surface area contributed by atoms with Gasteiger partial charge in [-0.2, -0.15) is 0 Å². The number of hydrogen-bond acceptors (Lipinski definition) is 5. The third-order valence-electron chi connectivity index (χ3n) is 4.63. The van der Waals surface area contributed by atoms with Crippen molar-refractivity contribution in [3.63, 3.8) is 0 Å². The molecule has 6 nitrogen and oxygen atoms in total. The van der Waals surface area contributed by atoms with E-state index in [-0.39, 0.29) is 11.2 Å². The van der Waals surface area contributed by atoms with Crippen LogP contribution < -0.4 is 11.2 Å². The minimum atomic E-state index is -0.611. The van der Waals surface area contributed by atoms with Crippen molar-refractivity contribution >= 4 is 51.5 Å². The van der Waals surface area contributed by atoms with Crippen molar-refractivity contribution in [1.82, 2.24) is 4.98 Å². The molecule has 3 rings (SSSR count). The van der Waals surface area contributed by atoms with Crippen LogP contribution in [0.3, 0.4) is 0 Å². The van der Waals surface area contributed by atoms with E-state index < -0.39 is 11.9 Å². The van der Waals surface area contributed by atoms with Crippen molar-refractivity contribution in [2.24, 2.45) is 5.92 Å². The number of carbonyl (C=O) groups excluding carboxylic acids is 2. The van der Waals surface area contributed by atoms with E-state index in [0.29, 0.717) is 27.7 Å². The Labute approximate surface area is 197 Å². The fourth-order valence-corrected chi connectivity index (χ4v) is 2.76. The molecule has 0 aliphatic carbocycles. The Balaban J connectivity index is 0.000000252. The van der Waals surface area contributed by atoms with Gasteiger partial charge in [0.2, 0.25) is 0 Å². The number of halogens is 2. The summed E-state index contributed by atoms with van der Waals surface area (Å²) in [6.07, 6.45) is 0. The summed E-state index contributed by atoms with van der Waals surface area (Å²) in [7, 11) is 0. The van der Waals surface area contributed by atoms with Crippen LogP contribution >= 0.6 is 23.2 Å². The van der Waals surface area contributed by atoms with Gasteiger partial charge in [0.1, 0.15) is 11.7 Å². The SMILES string of the molecule is CCOC(=O)C(C)C(C)=O.Cc1[nH]c2c(Cl)cccc2c(=O)c1C.Nc1ccccc1Cl. The average Bonchev–Trinajstić information content (AvgIpc) is 2.75. The van der Waals surface area contributed by atoms with Crippen LogP contribution in [0.15, 0.2) is 47.3 Å². The number of nitrogen functional groups attached to an aromatic ring is 1. The Hall–Kier alpha value is -2.83. The van der Waals surface area contributed by atoms with Crippen molar-refractivity contribution in [2.75, 3.05) is 12.3 Å². The quantitative estimate of drug-likeness (QED) is 0.294. The zero-order valence-corrected chi connectivity index (χ0v) is 20.3. The first-order valence-electron chi connectivity index (χ1n) is 9.95. The summed E-state index contributed by atoms with van der Waals surface area (Å²) in [4.78, 5) is 36.3. The number of ketones is 1. The maximum Gasteiger partial charge on any atom is 0.316 e. The maximum absolute atomic E-state index is 11.8. The molecular formula is C24H28Cl2N2O4. The van der Waals surface area contributed by atoms with Gasteiger partial charge in [-0.05, 0) is 58.9 Å². The molecule has 32 heavy (non-hydrogen) atoms. The molecular weight excluding hydrogens is 451 g/mol. The lowest BCUT2D eigenvalue weighted by Crippen LogP contribution is -2.20. The Morgan fingerprint density at radius 3 is 2.16 bits per heavy atom. The van der Waals surface area contributed by atoms with Gasteiger partial charge in [-0.25, -0.2) is 0 Å². The summed E-state index contributed by atoms with van der Waals surface area (Å²) in [5, 5.41) is 1.86. The molecule has 0 radical (unpaired) electrons. The van der Waals surface area contributed by atoms with E-state index in [4.69, 9.17) is 28.9 Å². The number of rotatable bonds is 3. The summed E-state index contributed by atoms with van der Waals surface area (Å²) in [6, 6.07) is 12.6. The van der Waals surface area contributed by atoms with Crippen LogP contribution in [0.4, 0.5) is 5.69 Å². The number of H-pyrrole nitrogens is 1. The lowest BCUT2D eigenvalue weighted by Gasteiger charge is -2.04. The van der Waals surface area contributed by atoms with Crippen molar-refractivity contribution in [3.8, 4) is 0 Å². The van der Waals surface area contributed by atoms with E-state index in [1.807, 2.05) is 26.0 Å². The number of esters is 1. The number of anilines is 1. The maximum atomic E-state index is 11.8. The second-order valence-corrected chi connectivity index (χ2v) is 7.79. The Bertz CT molecular complexity index is 1120. The summed E-state index contributed by atoms with van der Waals surface area (Å²) in [6.45, 7) is 8.65. The number of nitrogens with two attached hydrogens (primary N) is 1. The van der Waals surface area contributed by atoms with Crippen LogP contribution in [0.1, 0.15) is 32.0 Å². The summed E-state index contributed by atoms with van der Waals surface area (Å²) in [5.74, 6) is -1.20. The van der Waals surface area contributed by atoms with Gasteiger partial charge >= 0.3 is 5.97 Å². The Morgan fingerprint density at radius 1 is 1.06 bits per heavy atom. The van der Waals surface area contributed by atoms with E-state index in [2.05, 4.69) is 9.72 Å². The van der Waals surface area contributed by atoms with Gasteiger partial charge in [0.05, 0.1) is 27.9 Å². The minimum Gasteiger partial charge on any atom is -0.465 e. The number of aromatic nitrogens is 1. The lowest BCUT2D eigenvalue weighted by molar-refractivity contribution is -0.150. The average molecular weight is 479 g/mol. The molecule has 1 atom stereocenters. The molecule has 2 aromatic carbocycles. The van der Waals surface area contributed by atoms with Gasteiger partial charge < -0.3 is 15.5 Å². The largest absolute Gasteiger partial charge is 0.465 e. The summed E-state index contributed by atoms with van der Waals surface area (Å²) >= 11 is 11.6. The molecule has 3 N–H and O–H groups in total. The Kier molecular flexibility index (Phi) is 11.0. The summed E-state index contributed by atoms with van der Waals surface area (Å²) < 4.78 is 4.61. The molecule has 1 heterocycles. The van der Waals surface area contributed by atoms with Gasteiger partial charge in [-0.1, -0.05) is 41.4 Å². The Morgan fingerprint density at radius 2 is 1.66 bits per heavy atom. The number of aromatic amines is 1. The molecule has 0 saturated carbocycles. The molecule has 1 aromatic heterocycles. The summed E-state index contributed by atoms with van der Waals surface area (Å²) in [5.41, 5.74) is 8.42. The zero-order chi connectivity index (χ0) is 24.4. The second-order valence-electron chi connectivity index (χ2n) is 6.97. The second kappa shape index (κ2) is 12.9. The van der Waals surface area contributed by atoms with Crippen LogP contribution in [-0.2, 0) is 14.3 Å². The number of Topliss-reactive ketones (excluding diaryl/α,β-unsaturated/α-hetero) is 1. The fourth-order valence-electron chi connectivity index (χ4n) is 2.40. The van der Waals surface area contributed by atoms with E-state index >= 15 is 0 Å². The lowest BCUT2D eigenvalue weighted by atomic mass is 10.1. The first kappa shape index (κ1) is 27.2. The van der Waals surface area contributed by atoms with E-state index in [1.54, 1.807) is 44.2 Å². The number of para-hydroxylation sites is 2. The number of fused-ring (bicyclic) bond motifs is 1. The van der Waals surface area contributed by atoms with E-state index in [9.17, 15) is 14.4 Å². The van der Waals surface area contributed by atoms with Crippen molar-refractivity contribution < 1.29 is 14.3 Å². The molecule has 0 amide bonds. The number of pyridine rings is 1. The monoisotopic (exact) mass is 478 g/mol. The first-order valence-corrected chi connectivity index (χ1v) is 10.7. The number of benzene rings is 2. The number of aryl methyl sites for hydroxylation is 1. The van der Waals surface area contributed by atoms with Crippen LogP contribution in [0.5, 0.6) is 0 Å².